The van der Waals surface area contributed by atoms with Gasteiger partial charge in [0.15, 0.2) is 23.1 Å². The molecule has 0 amide bonds. The van der Waals surface area contributed by atoms with Gasteiger partial charge in [0.25, 0.3) is 0 Å². The molecule has 10 N–H and O–H groups in total. The van der Waals surface area contributed by atoms with E-state index in [9.17, 15) is 55.2 Å². The Morgan fingerprint density at radius 3 is 1.43 bits per heavy atom. The number of aliphatic hydroxyl groups is 1. The summed E-state index contributed by atoms with van der Waals surface area (Å²) >= 11 is 0. The Hall–Kier alpha value is -7.87. The zero-order valence-electron chi connectivity index (χ0n) is 32.3. The van der Waals surface area contributed by atoms with Crippen molar-refractivity contribution in [1.29, 1.82) is 0 Å². The molecule has 0 heterocycles. The number of allylic oxidation sites excluding steroid dienone is 5. The average Bonchev–Trinajstić information content (AvgIpc) is 3.20. The third kappa shape index (κ3) is 12.8. The van der Waals surface area contributed by atoms with E-state index < -0.39 is 34.6 Å². The van der Waals surface area contributed by atoms with Gasteiger partial charge < -0.3 is 55.8 Å². The Kier molecular flexibility index (Phi) is 15.7. The average molecular weight is 821 g/mol. The van der Waals surface area contributed by atoms with E-state index in [1.807, 2.05) is 0 Å². The van der Waals surface area contributed by atoms with E-state index in [-0.39, 0.29) is 75.7 Å². The molecule has 6 rings (SSSR count). The first-order valence-corrected chi connectivity index (χ1v) is 18.3. The van der Waals surface area contributed by atoms with Gasteiger partial charge in [-0.05, 0) is 72.5 Å². The summed E-state index contributed by atoms with van der Waals surface area (Å²) in [6, 6.07) is 23.3. The lowest BCUT2D eigenvalue weighted by atomic mass is 9.97. The molecule has 60 heavy (non-hydrogen) atoms. The zero-order chi connectivity index (χ0) is 43.9. The number of Topliss-reactive ketones (excluding diaryl/α,β-unsaturated/α-hetero) is 2. The van der Waals surface area contributed by atoms with Crippen molar-refractivity contribution in [3.05, 3.63) is 161 Å². The third-order valence-electron chi connectivity index (χ3n) is 8.99. The SMILES string of the molecule is COC1=C(O)C=CC(C=CC(=O)c2ccccc2O)C1.O=C(CCc1ccc(O)cc1)c1c(O)cc(O)cc1O.O=C(CCc1ccc(O)cc1)c1c(O)cc(O)cc1O. The Balaban J connectivity index is 0.000000198. The van der Waals surface area contributed by atoms with Gasteiger partial charge in [-0.15, -0.1) is 0 Å². The first-order valence-electron chi connectivity index (χ1n) is 18.3. The maximum Gasteiger partial charge on any atom is 0.189 e. The van der Waals surface area contributed by atoms with Crippen LogP contribution in [0, 0.1) is 5.92 Å². The number of carbonyl (C=O) groups is 3. The fourth-order valence-electron chi connectivity index (χ4n) is 5.85. The molecule has 1 aliphatic carbocycles. The molecule has 1 atom stereocenters. The van der Waals surface area contributed by atoms with Crippen molar-refractivity contribution < 1.29 is 70.2 Å². The number of aromatic hydroxyl groups is 9. The van der Waals surface area contributed by atoms with Gasteiger partial charge >= 0.3 is 0 Å². The predicted molar refractivity (Wildman–Crippen MR) is 220 cm³/mol. The molecular formula is C46H44O14. The minimum atomic E-state index is -0.446. The summed E-state index contributed by atoms with van der Waals surface area (Å²) in [5.74, 6) is -2.65. The molecule has 0 saturated carbocycles. The molecule has 0 spiro atoms. The van der Waals surface area contributed by atoms with Crippen LogP contribution in [0.3, 0.4) is 0 Å². The lowest BCUT2D eigenvalue weighted by Crippen LogP contribution is -2.05. The van der Waals surface area contributed by atoms with Crippen molar-refractivity contribution in [2.24, 2.45) is 5.92 Å². The summed E-state index contributed by atoms with van der Waals surface area (Å²) < 4.78 is 5.06. The summed E-state index contributed by atoms with van der Waals surface area (Å²) in [5.41, 5.74) is 1.60. The maximum atomic E-state index is 12.0. The maximum absolute atomic E-state index is 12.0. The number of aliphatic hydroxyl groups excluding tert-OH is 1. The second kappa shape index (κ2) is 21.0. The van der Waals surface area contributed by atoms with Crippen LogP contribution in [0.1, 0.15) is 61.5 Å². The molecule has 0 aliphatic heterocycles. The van der Waals surface area contributed by atoms with Gasteiger partial charge in [-0.2, -0.15) is 0 Å². The highest BCUT2D eigenvalue weighted by molar-refractivity contribution is 6.06. The molecule has 5 aromatic rings. The van der Waals surface area contributed by atoms with E-state index in [0.29, 0.717) is 25.0 Å². The normalized spacial score (nSPS) is 13.1. The third-order valence-corrected chi connectivity index (χ3v) is 8.99. The minimum absolute atomic E-state index is 0.0179. The van der Waals surface area contributed by atoms with Gasteiger partial charge in [0.05, 0.1) is 12.7 Å². The number of ether oxygens (including phenoxy) is 1. The van der Waals surface area contributed by atoms with Gasteiger partial charge in [-0.25, -0.2) is 0 Å². The highest BCUT2D eigenvalue weighted by Gasteiger charge is 2.19. The highest BCUT2D eigenvalue weighted by atomic mass is 16.5. The second-order valence-electron chi connectivity index (χ2n) is 13.4. The summed E-state index contributed by atoms with van der Waals surface area (Å²) in [6.07, 6.45) is 8.04. The second-order valence-corrected chi connectivity index (χ2v) is 13.4. The van der Waals surface area contributed by atoms with Crippen LogP contribution in [0.4, 0.5) is 0 Å². The fourth-order valence-corrected chi connectivity index (χ4v) is 5.85. The van der Waals surface area contributed by atoms with Crippen LogP contribution < -0.4 is 0 Å². The van der Waals surface area contributed by atoms with E-state index in [1.165, 1.54) is 43.5 Å². The number of methoxy groups -OCH3 is 1. The molecule has 0 bridgehead atoms. The van der Waals surface area contributed by atoms with Crippen molar-refractivity contribution in [3.63, 3.8) is 0 Å². The summed E-state index contributed by atoms with van der Waals surface area (Å²) in [6.45, 7) is 0. The van der Waals surface area contributed by atoms with Gasteiger partial charge in [0.1, 0.15) is 68.6 Å². The molecule has 0 aromatic heterocycles. The number of carbonyl (C=O) groups excluding carboxylic acids is 3. The van der Waals surface area contributed by atoms with Crippen molar-refractivity contribution in [3.8, 4) is 51.7 Å². The van der Waals surface area contributed by atoms with Crippen LogP contribution >= 0.6 is 0 Å². The molecule has 0 fully saturated rings. The number of rotatable bonds is 12. The predicted octanol–water partition coefficient (Wildman–Crippen LogP) is 7.77. The summed E-state index contributed by atoms with van der Waals surface area (Å²) in [4.78, 5) is 35.9. The quantitative estimate of drug-likeness (QED) is 0.0426. The lowest BCUT2D eigenvalue weighted by Gasteiger charge is -2.16. The molecule has 14 heteroatoms. The molecule has 1 aliphatic rings. The van der Waals surface area contributed by atoms with Crippen LogP contribution in [-0.4, -0.2) is 75.5 Å². The number of aryl methyl sites for hydroxylation is 2. The Labute approximate surface area is 344 Å². The van der Waals surface area contributed by atoms with E-state index >= 15 is 0 Å². The molecule has 0 radical (unpaired) electrons. The smallest absolute Gasteiger partial charge is 0.189 e. The molecule has 14 nitrogen and oxygen atoms in total. The van der Waals surface area contributed by atoms with Gasteiger partial charge in [-0.1, -0.05) is 48.6 Å². The van der Waals surface area contributed by atoms with Gasteiger partial charge in [0, 0.05) is 49.4 Å². The Bertz CT molecular complexity index is 2230. The molecule has 1 unspecified atom stereocenters. The Morgan fingerprint density at radius 1 is 0.583 bits per heavy atom. The number of hydrogen-bond donors (Lipinski definition) is 10. The number of phenols is 9. The number of phenolic OH excluding ortho intramolecular Hbond substituents is 9. The molecule has 0 saturated heterocycles. The number of ketones is 3. The van der Waals surface area contributed by atoms with Gasteiger partial charge in [-0.3, -0.25) is 14.4 Å². The molecular weight excluding hydrogens is 776 g/mol. The van der Waals surface area contributed by atoms with Crippen molar-refractivity contribution in [2.45, 2.75) is 32.1 Å². The number of hydrogen-bond acceptors (Lipinski definition) is 14. The standard InChI is InChI=1S/C16H16O4.2C15H14O5/c1-20-16-10-11(7-9-15(16)19)6-8-14(18)12-4-2-3-5-13(12)17;2*16-10-4-1-9(2-5-10)3-6-12(18)15-13(19)7-11(17)8-14(15)20/h2-9,11,17,19H,10H2,1H3;2*1-2,4-5,7-8,16-17,19-20H,3,6H2. The van der Waals surface area contributed by atoms with Gasteiger partial charge in [0.2, 0.25) is 0 Å². The largest absolute Gasteiger partial charge is 0.508 e. The lowest BCUT2D eigenvalue weighted by molar-refractivity contribution is 0.0968. The molecule has 312 valence electrons. The van der Waals surface area contributed by atoms with Crippen molar-refractivity contribution >= 4 is 17.3 Å². The van der Waals surface area contributed by atoms with Crippen LogP contribution in [-0.2, 0) is 17.6 Å². The number of para-hydroxylation sites is 1. The van der Waals surface area contributed by atoms with Crippen LogP contribution in [0.25, 0.3) is 0 Å². The van der Waals surface area contributed by atoms with E-state index in [2.05, 4.69) is 0 Å². The van der Waals surface area contributed by atoms with Crippen molar-refractivity contribution in [2.75, 3.05) is 7.11 Å². The number of benzene rings is 5. The van der Waals surface area contributed by atoms with Crippen LogP contribution in [0.2, 0.25) is 0 Å². The molecule has 5 aromatic carbocycles. The summed E-state index contributed by atoms with van der Waals surface area (Å²) in [7, 11) is 1.50. The van der Waals surface area contributed by atoms with Crippen molar-refractivity contribution in [1.82, 2.24) is 0 Å². The van der Waals surface area contributed by atoms with E-state index in [0.717, 1.165) is 35.4 Å². The van der Waals surface area contributed by atoms with E-state index in [1.54, 1.807) is 60.7 Å². The van der Waals surface area contributed by atoms with E-state index in [4.69, 9.17) is 14.9 Å². The zero-order valence-corrected chi connectivity index (χ0v) is 32.3. The van der Waals surface area contributed by atoms with Crippen LogP contribution in [0.15, 0.2) is 133 Å². The first-order chi connectivity index (χ1) is 28.6. The summed E-state index contributed by atoms with van der Waals surface area (Å²) in [5, 5.41) is 94.2. The Morgan fingerprint density at radius 2 is 1.02 bits per heavy atom. The van der Waals surface area contributed by atoms with Crippen LogP contribution in [0.5, 0.6) is 51.7 Å². The topological polar surface area (TPSA) is 263 Å². The monoisotopic (exact) mass is 820 g/mol. The first kappa shape index (κ1) is 44.8. The highest BCUT2D eigenvalue weighted by Crippen LogP contribution is 2.34. The minimum Gasteiger partial charge on any atom is -0.508 e. The fraction of sp³-hybridized carbons (Fsp3) is 0.152.